The number of allylic oxidation sites excluding steroid dienone is 2. The van der Waals surface area contributed by atoms with Crippen LogP contribution in [0.25, 0.3) is 0 Å². The van der Waals surface area contributed by atoms with Crippen molar-refractivity contribution in [1.82, 2.24) is 0 Å². The highest BCUT2D eigenvalue weighted by atomic mass is 16.5. The molecule has 0 aromatic rings. The number of nitriles is 1. The second-order valence-corrected chi connectivity index (χ2v) is 15.5. The van der Waals surface area contributed by atoms with Crippen LogP contribution in [0, 0.1) is 67.5 Å². The quantitative estimate of drug-likeness (QED) is 0.234. The van der Waals surface area contributed by atoms with E-state index in [0.29, 0.717) is 6.42 Å². The molecule has 38 heavy (non-hydrogen) atoms. The highest BCUT2D eigenvalue weighted by Gasteiger charge is 2.72. The van der Waals surface area contributed by atoms with Gasteiger partial charge in [0.05, 0.1) is 23.8 Å². The number of Topliss-reactive ketones (excluding diaryl/α,β-unsaturated/α-hetero) is 1. The Hall–Kier alpha value is -2.16. The van der Waals surface area contributed by atoms with E-state index in [1.165, 1.54) is 7.11 Å². The third-order valence-corrected chi connectivity index (χ3v) is 13.2. The predicted molar refractivity (Wildman–Crippen MR) is 145 cm³/mol. The van der Waals surface area contributed by atoms with Crippen molar-refractivity contribution in [3.63, 3.8) is 0 Å². The molecule has 208 valence electrons. The largest absolute Gasteiger partial charge is 0.469 e. The predicted octanol–water partition coefficient (Wildman–Crippen LogP) is 6.72. The summed E-state index contributed by atoms with van der Waals surface area (Å²) in [5, 5.41) is 24.5. The molecule has 0 amide bonds. The lowest BCUT2D eigenvalue weighted by atomic mass is 9.31. The molecule has 0 saturated heterocycles. The van der Waals surface area contributed by atoms with Crippen molar-refractivity contribution in [2.24, 2.45) is 61.3 Å². The van der Waals surface area contributed by atoms with Crippen LogP contribution in [0.1, 0.15) is 99.8 Å². The van der Waals surface area contributed by atoms with Crippen LogP contribution in [0.4, 0.5) is 0 Å². The molecule has 0 aromatic heterocycles. The number of rotatable bonds is 1. The number of carbonyl (C=O) groups is 2. The molecule has 0 spiro atoms. The van der Waals surface area contributed by atoms with Crippen LogP contribution < -0.4 is 0 Å². The minimum atomic E-state index is -0.621. The fourth-order valence-corrected chi connectivity index (χ4v) is 11.0. The monoisotopic (exact) mass is 522 g/mol. The van der Waals surface area contributed by atoms with Gasteiger partial charge in [-0.2, -0.15) is 5.26 Å². The minimum absolute atomic E-state index is 0.0148. The summed E-state index contributed by atoms with van der Waals surface area (Å²) in [7, 11) is 1.51. The maximum atomic E-state index is 13.5. The van der Waals surface area contributed by atoms with Crippen LogP contribution in [-0.4, -0.2) is 29.8 Å². The molecule has 4 saturated carbocycles. The Balaban J connectivity index is 1.68. The number of methoxy groups -OCH3 is 1. The number of carbonyl (C=O) groups excluding carboxylic acids is 2. The van der Waals surface area contributed by atoms with Crippen LogP contribution >= 0.6 is 0 Å². The van der Waals surface area contributed by atoms with Gasteiger partial charge in [0.1, 0.15) is 6.07 Å². The van der Waals surface area contributed by atoms with Crippen LogP contribution in [-0.2, 0) is 14.3 Å². The van der Waals surface area contributed by atoms with E-state index < -0.39 is 10.8 Å². The van der Waals surface area contributed by atoms with Crippen molar-refractivity contribution in [3.05, 3.63) is 11.6 Å². The van der Waals surface area contributed by atoms with Crippen molar-refractivity contribution in [3.8, 4) is 6.07 Å². The summed E-state index contributed by atoms with van der Waals surface area (Å²) in [6.07, 6.45) is 8.87. The summed E-state index contributed by atoms with van der Waals surface area (Å²) in [6.45, 7) is 15.7. The van der Waals surface area contributed by atoms with Gasteiger partial charge in [-0.25, -0.2) is 0 Å². The van der Waals surface area contributed by atoms with E-state index in [4.69, 9.17) is 4.74 Å². The zero-order valence-corrected chi connectivity index (χ0v) is 24.6. The molecule has 4 fully saturated rings. The number of esters is 1. The molecule has 5 rings (SSSR count). The van der Waals surface area contributed by atoms with Crippen LogP contribution in [0.2, 0.25) is 0 Å². The Kier molecular flexibility index (Phi) is 5.90. The van der Waals surface area contributed by atoms with Gasteiger partial charge in [-0.1, -0.05) is 59.7 Å². The summed E-state index contributed by atoms with van der Waals surface area (Å²) in [5.74, 6) is 0.129. The average Bonchev–Trinajstić information content (AvgIpc) is 2.85. The Labute approximate surface area is 228 Å². The molecule has 8 atom stereocenters. The summed E-state index contributed by atoms with van der Waals surface area (Å²) in [5.41, 5.74) is -0.652. The molecule has 1 unspecified atom stereocenters. The molecule has 1 N–H and O–H groups in total. The summed E-state index contributed by atoms with van der Waals surface area (Å²) in [6, 6.07) is 2.22. The van der Waals surface area contributed by atoms with E-state index in [1.807, 2.05) is 19.9 Å². The Morgan fingerprint density at radius 1 is 1.03 bits per heavy atom. The number of ketones is 1. The first-order chi connectivity index (χ1) is 17.6. The number of hydrogen-bond acceptors (Lipinski definition) is 6. The fraction of sp³-hybridized carbons (Fsp3) is 0.812. The van der Waals surface area contributed by atoms with E-state index in [2.05, 4.69) is 45.8 Å². The average molecular weight is 523 g/mol. The molecule has 5 aliphatic carbocycles. The molecule has 6 nitrogen and oxygen atoms in total. The second kappa shape index (κ2) is 8.18. The first-order valence-corrected chi connectivity index (χ1v) is 14.5. The lowest BCUT2D eigenvalue weighted by molar-refractivity contribution is -0.207. The van der Waals surface area contributed by atoms with Gasteiger partial charge in [0.25, 0.3) is 0 Å². The van der Waals surface area contributed by atoms with Gasteiger partial charge < -0.3 is 9.94 Å². The van der Waals surface area contributed by atoms with Crippen molar-refractivity contribution >= 4 is 17.5 Å². The summed E-state index contributed by atoms with van der Waals surface area (Å²) in [4.78, 5) is 26.8. The highest BCUT2D eigenvalue weighted by molar-refractivity contribution is 6.04. The van der Waals surface area contributed by atoms with Gasteiger partial charge in [0, 0.05) is 11.3 Å². The Bertz CT molecular complexity index is 1180. The van der Waals surface area contributed by atoms with E-state index in [0.717, 1.165) is 50.7 Å². The molecule has 0 radical (unpaired) electrons. The van der Waals surface area contributed by atoms with Crippen molar-refractivity contribution in [1.29, 1.82) is 5.26 Å². The maximum absolute atomic E-state index is 13.5. The number of ether oxygens (including phenoxy) is 1. The molecule has 6 heteroatoms. The highest BCUT2D eigenvalue weighted by Crippen LogP contribution is 2.76. The smallest absolute Gasteiger partial charge is 0.312 e. The first-order valence-electron chi connectivity index (χ1n) is 14.5. The normalized spacial score (nSPS) is 47.9. The van der Waals surface area contributed by atoms with Crippen molar-refractivity contribution in [2.45, 2.75) is 99.8 Å². The van der Waals surface area contributed by atoms with Gasteiger partial charge in [-0.15, -0.1) is 0 Å². The molecular formula is C32H46N2O4. The third kappa shape index (κ3) is 3.20. The SMILES string of the molecule is COC(=O)[C@]12CCC(C)(C)C[C@H]1[C@H]1/C(=N/O)C[C@@H]3[C@@]4(C)C=C(C#N)C(=O)C(C)(C)C4CC[C@@]3(C)[C@]1(C)CC2. The molecular weight excluding hydrogens is 476 g/mol. The third-order valence-electron chi connectivity index (χ3n) is 13.2. The van der Waals surface area contributed by atoms with Gasteiger partial charge in [-0.3, -0.25) is 9.59 Å². The van der Waals surface area contributed by atoms with Crippen LogP contribution in [0.15, 0.2) is 16.8 Å². The van der Waals surface area contributed by atoms with E-state index in [1.54, 1.807) is 0 Å². The second-order valence-electron chi connectivity index (χ2n) is 15.5. The topological polar surface area (TPSA) is 99.8 Å². The molecule has 0 heterocycles. The van der Waals surface area contributed by atoms with E-state index in [9.17, 15) is 20.1 Å². The lowest BCUT2D eigenvalue weighted by Crippen LogP contribution is -2.69. The number of hydrogen-bond donors (Lipinski definition) is 1. The Morgan fingerprint density at radius 3 is 2.29 bits per heavy atom. The minimum Gasteiger partial charge on any atom is -0.469 e. The zero-order valence-electron chi connectivity index (χ0n) is 24.6. The van der Waals surface area contributed by atoms with Crippen molar-refractivity contribution < 1.29 is 19.5 Å². The van der Waals surface area contributed by atoms with E-state index in [-0.39, 0.29) is 62.7 Å². The molecule has 0 aromatic carbocycles. The van der Waals surface area contributed by atoms with Crippen LogP contribution in [0.3, 0.4) is 0 Å². The molecule has 0 aliphatic heterocycles. The fourth-order valence-electron chi connectivity index (χ4n) is 11.0. The van der Waals surface area contributed by atoms with Gasteiger partial charge in [0.2, 0.25) is 0 Å². The lowest BCUT2D eigenvalue weighted by Gasteiger charge is -2.72. The van der Waals surface area contributed by atoms with Crippen LogP contribution in [0.5, 0.6) is 0 Å². The number of fused-ring (bicyclic) bond motifs is 7. The number of oxime groups is 1. The zero-order chi connectivity index (χ0) is 28.1. The van der Waals surface area contributed by atoms with E-state index >= 15 is 0 Å². The Morgan fingerprint density at radius 2 is 1.68 bits per heavy atom. The van der Waals surface area contributed by atoms with Crippen molar-refractivity contribution in [2.75, 3.05) is 7.11 Å². The summed E-state index contributed by atoms with van der Waals surface area (Å²) < 4.78 is 5.46. The van der Waals surface area contributed by atoms with Gasteiger partial charge in [-0.05, 0) is 90.8 Å². The van der Waals surface area contributed by atoms with Gasteiger partial charge in [0.15, 0.2) is 5.78 Å². The first kappa shape index (κ1) is 27.4. The standard InChI is InChI=1S/C32H46N2O4/c1-27(2)11-13-32(26(36)38-8)14-12-31(7)24(20(32)17-27)21(34-37)15-23-29(5)16-19(18-33)25(35)28(3,4)22(29)9-10-30(23,31)6/h16,20,22-24,37H,9-15,17H2,1-8H3/b34-21+/t20-,22?,23+,24-,29-,30+,31+,32-/m0/s1. The maximum Gasteiger partial charge on any atom is 0.312 e. The summed E-state index contributed by atoms with van der Waals surface area (Å²) >= 11 is 0. The molecule has 0 bridgehead atoms. The number of nitrogens with zero attached hydrogens (tertiary/aromatic N) is 2. The van der Waals surface area contributed by atoms with Gasteiger partial charge >= 0.3 is 5.97 Å². The molecule has 5 aliphatic rings.